The number of methoxy groups -OCH3 is 1. The summed E-state index contributed by atoms with van der Waals surface area (Å²) in [6.07, 6.45) is 0. The van der Waals surface area contributed by atoms with Crippen molar-refractivity contribution in [3.8, 4) is 17.2 Å². The highest BCUT2D eigenvalue weighted by atomic mass is 16.5. The van der Waals surface area contributed by atoms with E-state index >= 15 is 0 Å². The highest BCUT2D eigenvalue weighted by molar-refractivity contribution is 5.96. The van der Waals surface area contributed by atoms with Gasteiger partial charge in [-0.15, -0.1) is 0 Å². The standard InChI is InChI=1S/C19H22N2O5/c1-4-25-16-10-9-14(11-17(16)24-3)19(23)21-20-18(22)12-26-15-8-6-5-7-13(15)2/h5-11H,4,12H2,1-3H3,(H,20,22)(H,21,23). The molecule has 2 N–H and O–H groups in total. The predicted octanol–water partition coefficient (Wildman–Crippen LogP) is 2.24. The first-order chi connectivity index (χ1) is 12.5. The topological polar surface area (TPSA) is 85.9 Å². The van der Waals surface area contributed by atoms with Gasteiger partial charge < -0.3 is 14.2 Å². The lowest BCUT2D eigenvalue weighted by Crippen LogP contribution is -2.43. The van der Waals surface area contributed by atoms with E-state index in [1.54, 1.807) is 18.2 Å². The molecule has 2 aromatic carbocycles. The van der Waals surface area contributed by atoms with Crippen LogP contribution in [0.4, 0.5) is 0 Å². The zero-order valence-electron chi connectivity index (χ0n) is 15.0. The molecule has 0 saturated carbocycles. The molecule has 7 heteroatoms. The van der Waals surface area contributed by atoms with Crippen molar-refractivity contribution in [3.63, 3.8) is 0 Å². The molecule has 26 heavy (non-hydrogen) atoms. The molecule has 138 valence electrons. The second-order valence-electron chi connectivity index (χ2n) is 5.36. The molecular formula is C19H22N2O5. The van der Waals surface area contributed by atoms with Crippen molar-refractivity contribution < 1.29 is 23.8 Å². The second kappa shape index (κ2) is 9.31. The predicted molar refractivity (Wildman–Crippen MR) is 96.4 cm³/mol. The van der Waals surface area contributed by atoms with Crippen LogP contribution in [-0.2, 0) is 4.79 Å². The van der Waals surface area contributed by atoms with Crippen molar-refractivity contribution in [2.45, 2.75) is 13.8 Å². The van der Waals surface area contributed by atoms with Crippen molar-refractivity contribution in [3.05, 3.63) is 53.6 Å². The van der Waals surface area contributed by atoms with Crippen molar-refractivity contribution in [2.24, 2.45) is 0 Å². The quantitative estimate of drug-likeness (QED) is 0.742. The van der Waals surface area contributed by atoms with Crippen molar-refractivity contribution in [1.82, 2.24) is 10.9 Å². The molecule has 0 fully saturated rings. The van der Waals surface area contributed by atoms with E-state index in [1.807, 2.05) is 32.0 Å². The van der Waals surface area contributed by atoms with Gasteiger partial charge in [0.2, 0.25) is 0 Å². The van der Waals surface area contributed by atoms with Crippen LogP contribution >= 0.6 is 0 Å². The molecule has 7 nitrogen and oxygen atoms in total. The molecule has 0 atom stereocenters. The number of carbonyl (C=O) groups is 2. The van der Waals surface area contributed by atoms with Gasteiger partial charge in [-0.05, 0) is 43.7 Å². The number of hydrogen-bond acceptors (Lipinski definition) is 5. The molecule has 0 aromatic heterocycles. The molecule has 0 radical (unpaired) electrons. The van der Waals surface area contributed by atoms with E-state index in [0.717, 1.165) is 5.56 Å². The number of amides is 2. The summed E-state index contributed by atoms with van der Waals surface area (Å²) in [5.74, 6) is 0.649. The maximum atomic E-state index is 12.2. The molecular weight excluding hydrogens is 336 g/mol. The minimum absolute atomic E-state index is 0.211. The number of carbonyl (C=O) groups excluding carboxylic acids is 2. The molecule has 0 unspecified atom stereocenters. The summed E-state index contributed by atoms with van der Waals surface area (Å²) in [7, 11) is 1.49. The Kier molecular flexibility index (Phi) is 6.84. The third-order valence-electron chi connectivity index (χ3n) is 3.49. The van der Waals surface area contributed by atoms with Crippen LogP contribution in [0.2, 0.25) is 0 Å². The van der Waals surface area contributed by atoms with Crippen LogP contribution in [0.15, 0.2) is 42.5 Å². The fourth-order valence-electron chi connectivity index (χ4n) is 2.18. The molecule has 0 heterocycles. The Bertz CT molecular complexity index is 776. The number of nitrogens with one attached hydrogen (secondary N) is 2. The van der Waals surface area contributed by atoms with E-state index < -0.39 is 11.8 Å². The lowest BCUT2D eigenvalue weighted by molar-refractivity contribution is -0.123. The monoisotopic (exact) mass is 358 g/mol. The average molecular weight is 358 g/mol. The summed E-state index contributed by atoms with van der Waals surface area (Å²) in [6.45, 7) is 4.01. The van der Waals surface area contributed by atoms with E-state index in [2.05, 4.69) is 10.9 Å². The smallest absolute Gasteiger partial charge is 0.276 e. The van der Waals surface area contributed by atoms with Crippen molar-refractivity contribution in [1.29, 1.82) is 0 Å². The first-order valence-electron chi connectivity index (χ1n) is 8.13. The number of hydrogen-bond donors (Lipinski definition) is 2. The summed E-state index contributed by atoms with van der Waals surface area (Å²) >= 11 is 0. The van der Waals surface area contributed by atoms with E-state index in [9.17, 15) is 9.59 Å². The largest absolute Gasteiger partial charge is 0.493 e. The van der Waals surface area contributed by atoms with Crippen LogP contribution in [-0.4, -0.2) is 32.1 Å². The van der Waals surface area contributed by atoms with Gasteiger partial charge in [0.15, 0.2) is 18.1 Å². The Hall–Kier alpha value is -3.22. The van der Waals surface area contributed by atoms with Crippen LogP contribution in [0, 0.1) is 6.92 Å². The van der Waals surface area contributed by atoms with Gasteiger partial charge in [-0.3, -0.25) is 20.4 Å². The summed E-state index contributed by atoms with van der Waals surface area (Å²) in [5, 5.41) is 0. The van der Waals surface area contributed by atoms with Gasteiger partial charge in [0.05, 0.1) is 13.7 Å². The third kappa shape index (κ3) is 5.14. The van der Waals surface area contributed by atoms with Gasteiger partial charge in [-0.2, -0.15) is 0 Å². The third-order valence-corrected chi connectivity index (χ3v) is 3.49. The van der Waals surface area contributed by atoms with Gasteiger partial charge in [0.1, 0.15) is 5.75 Å². The number of aryl methyl sites for hydroxylation is 1. The molecule has 2 aromatic rings. The zero-order chi connectivity index (χ0) is 18.9. The fraction of sp³-hybridized carbons (Fsp3) is 0.263. The number of rotatable bonds is 7. The first kappa shape index (κ1) is 19.1. The van der Waals surface area contributed by atoms with Gasteiger partial charge in [0.25, 0.3) is 11.8 Å². The molecule has 2 amide bonds. The zero-order valence-corrected chi connectivity index (χ0v) is 15.0. The Labute approximate surface area is 152 Å². The fourth-order valence-corrected chi connectivity index (χ4v) is 2.18. The van der Waals surface area contributed by atoms with E-state index in [1.165, 1.54) is 13.2 Å². The number of para-hydroxylation sites is 1. The molecule has 0 spiro atoms. The summed E-state index contributed by atoms with van der Waals surface area (Å²) in [4.78, 5) is 24.0. The lowest BCUT2D eigenvalue weighted by atomic mass is 10.2. The Morgan fingerprint density at radius 1 is 0.962 bits per heavy atom. The first-order valence-corrected chi connectivity index (χ1v) is 8.13. The maximum Gasteiger partial charge on any atom is 0.276 e. The molecule has 0 bridgehead atoms. The Morgan fingerprint density at radius 2 is 1.73 bits per heavy atom. The molecule has 0 saturated heterocycles. The van der Waals surface area contributed by atoms with E-state index in [-0.39, 0.29) is 6.61 Å². The highest BCUT2D eigenvalue weighted by Gasteiger charge is 2.12. The highest BCUT2D eigenvalue weighted by Crippen LogP contribution is 2.27. The van der Waals surface area contributed by atoms with Crippen molar-refractivity contribution >= 4 is 11.8 Å². The normalized spacial score (nSPS) is 9.96. The second-order valence-corrected chi connectivity index (χ2v) is 5.36. The molecule has 0 aliphatic heterocycles. The van der Waals surface area contributed by atoms with Crippen LogP contribution in [0.25, 0.3) is 0 Å². The van der Waals surface area contributed by atoms with Crippen molar-refractivity contribution in [2.75, 3.05) is 20.3 Å². The number of benzene rings is 2. The number of hydrazine groups is 1. The van der Waals surface area contributed by atoms with Crippen LogP contribution in [0.3, 0.4) is 0 Å². The SMILES string of the molecule is CCOc1ccc(C(=O)NNC(=O)COc2ccccc2C)cc1OC. The molecule has 0 aliphatic rings. The van der Waals surface area contributed by atoms with Gasteiger partial charge in [-0.1, -0.05) is 18.2 Å². The Balaban J connectivity index is 1.87. The summed E-state index contributed by atoms with van der Waals surface area (Å²) in [5.41, 5.74) is 5.90. The summed E-state index contributed by atoms with van der Waals surface area (Å²) in [6, 6.07) is 12.1. The van der Waals surface area contributed by atoms with Gasteiger partial charge in [0, 0.05) is 5.56 Å². The van der Waals surface area contributed by atoms with Gasteiger partial charge in [-0.25, -0.2) is 0 Å². The van der Waals surface area contributed by atoms with Crippen LogP contribution < -0.4 is 25.1 Å². The number of ether oxygens (including phenoxy) is 3. The van der Waals surface area contributed by atoms with E-state index in [4.69, 9.17) is 14.2 Å². The maximum absolute atomic E-state index is 12.2. The van der Waals surface area contributed by atoms with Crippen LogP contribution in [0.5, 0.6) is 17.2 Å². The minimum Gasteiger partial charge on any atom is -0.493 e. The molecule has 0 aliphatic carbocycles. The minimum atomic E-state index is -0.476. The summed E-state index contributed by atoms with van der Waals surface area (Å²) < 4.78 is 16.0. The average Bonchev–Trinajstić information content (AvgIpc) is 2.66. The van der Waals surface area contributed by atoms with Crippen LogP contribution in [0.1, 0.15) is 22.8 Å². The molecule has 2 rings (SSSR count). The van der Waals surface area contributed by atoms with E-state index in [0.29, 0.717) is 29.4 Å². The Morgan fingerprint density at radius 3 is 2.42 bits per heavy atom. The lowest BCUT2D eigenvalue weighted by Gasteiger charge is -2.12. The van der Waals surface area contributed by atoms with Gasteiger partial charge >= 0.3 is 0 Å².